The Morgan fingerprint density at radius 1 is 0.590 bits per heavy atom. The Balaban J connectivity index is 1.36. The molecule has 1 aliphatic heterocycles. The number of hydrogen-bond donors (Lipinski definition) is 1. The average Bonchev–Trinajstić information content (AvgIpc) is 3.65. The van der Waals surface area contributed by atoms with E-state index in [1.54, 1.807) is 0 Å². The Labute approximate surface area is 228 Å². The summed E-state index contributed by atoms with van der Waals surface area (Å²) in [5.41, 5.74) is 7.47. The fourth-order valence-corrected chi connectivity index (χ4v) is 7.77. The van der Waals surface area contributed by atoms with Gasteiger partial charge < -0.3 is 14.5 Å². The Bertz CT molecular complexity index is 2290. The van der Waals surface area contributed by atoms with Gasteiger partial charge in [0.15, 0.2) is 0 Å². The third-order valence-corrected chi connectivity index (χ3v) is 9.37. The molecule has 0 radical (unpaired) electrons. The van der Waals surface area contributed by atoms with Crippen molar-refractivity contribution in [3.05, 3.63) is 121 Å². The number of para-hydroxylation sites is 3. The zero-order chi connectivity index (χ0) is 25.5. The van der Waals surface area contributed by atoms with Gasteiger partial charge in [0.05, 0.1) is 28.6 Å². The molecule has 8 aromatic rings. The van der Waals surface area contributed by atoms with Crippen molar-refractivity contribution < 1.29 is 0 Å². The van der Waals surface area contributed by atoms with E-state index in [-0.39, 0.29) is 0 Å². The number of dihydropyridines is 1. The highest BCUT2D eigenvalue weighted by atomic mass is 32.1. The Morgan fingerprint density at radius 3 is 2.00 bits per heavy atom. The number of allylic oxidation sites excluding steroid dienone is 2. The molecule has 0 amide bonds. The van der Waals surface area contributed by atoms with Crippen LogP contribution in [0.15, 0.2) is 121 Å². The monoisotopic (exact) mass is 517 g/mol. The van der Waals surface area contributed by atoms with Crippen molar-refractivity contribution in [3.63, 3.8) is 0 Å². The third kappa shape index (κ3) is 2.87. The van der Waals surface area contributed by atoms with Crippen LogP contribution in [-0.2, 0) is 0 Å². The van der Waals surface area contributed by atoms with Gasteiger partial charge in [0.25, 0.3) is 0 Å². The zero-order valence-corrected chi connectivity index (χ0v) is 21.9. The van der Waals surface area contributed by atoms with Gasteiger partial charge >= 0.3 is 0 Å². The van der Waals surface area contributed by atoms with Crippen LogP contribution in [0.25, 0.3) is 75.2 Å². The predicted molar refractivity (Wildman–Crippen MR) is 168 cm³/mol. The Kier molecular flexibility index (Phi) is 4.26. The highest BCUT2D eigenvalue weighted by molar-refractivity contribution is 7.26. The van der Waals surface area contributed by atoms with E-state index in [1.165, 1.54) is 75.2 Å². The van der Waals surface area contributed by atoms with Crippen LogP contribution in [0.5, 0.6) is 0 Å². The minimum absolute atomic E-state index is 0.816. The largest absolute Gasteiger partial charge is 0.385 e. The number of nitrogens with zero attached hydrogens (tertiary/aromatic N) is 2. The standard InChI is InChI=1S/C35H23N3S/c1-4-12-29-24(9-1)25-10-2-5-13-30(25)37(29)22-15-18-33-28(20-22)26-16-17-32-34(35(26)39-33)27-11-3-6-14-31(27)38(32)23-8-7-19-36-21-23/h1-20,36H,21H2. The first kappa shape index (κ1) is 21.2. The van der Waals surface area contributed by atoms with Gasteiger partial charge in [0.2, 0.25) is 0 Å². The van der Waals surface area contributed by atoms with Crippen LogP contribution in [-0.4, -0.2) is 15.7 Å². The number of benzene rings is 5. The van der Waals surface area contributed by atoms with Gasteiger partial charge in [0.1, 0.15) is 0 Å². The number of thiophene rings is 1. The molecule has 0 aliphatic carbocycles. The molecule has 3 aromatic heterocycles. The van der Waals surface area contributed by atoms with Crippen LogP contribution >= 0.6 is 11.3 Å². The van der Waals surface area contributed by atoms with Crippen LogP contribution in [0.1, 0.15) is 0 Å². The van der Waals surface area contributed by atoms with Crippen LogP contribution in [0, 0.1) is 0 Å². The summed E-state index contributed by atoms with van der Waals surface area (Å²) < 4.78 is 7.51. The molecular formula is C35H23N3S. The summed E-state index contributed by atoms with van der Waals surface area (Å²) in [7, 11) is 0. The lowest BCUT2D eigenvalue weighted by molar-refractivity contribution is 0.939. The first-order valence-electron chi connectivity index (χ1n) is 13.3. The fourth-order valence-electron chi connectivity index (χ4n) is 6.53. The Morgan fingerprint density at radius 2 is 1.28 bits per heavy atom. The van der Waals surface area contributed by atoms with E-state index in [0.29, 0.717) is 0 Å². The number of nitrogens with one attached hydrogen (secondary N) is 1. The van der Waals surface area contributed by atoms with Crippen molar-refractivity contribution in [3.8, 4) is 5.69 Å². The molecule has 0 fully saturated rings. The van der Waals surface area contributed by atoms with Crippen LogP contribution in [0.3, 0.4) is 0 Å². The molecule has 184 valence electrons. The second-order valence-electron chi connectivity index (χ2n) is 10.2. The lowest BCUT2D eigenvalue weighted by Crippen LogP contribution is -2.15. The number of aromatic nitrogens is 2. The maximum absolute atomic E-state index is 3.39. The van der Waals surface area contributed by atoms with E-state index in [2.05, 4.69) is 130 Å². The molecule has 3 nitrogen and oxygen atoms in total. The number of fused-ring (bicyclic) bond motifs is 10. The summed E-state index contributed by atoms with van der Waals surface area (Å²) >= 11 is 1.91. The molecule has 1 N–H and O–H groups in total. The average molecular weight is 518 g/mol. The number of hydrogen-bond acceptors (Lipinski definition) is 2. The molecule has 0 bridgehead atoms. The van der Waals surface area contributed by atoms with E-state index in [9.17, 15) is 0 Å². The summed E-state index contributed by atoms with van der Waals surface area (Å²) in [6, 6.07) is 37.9. The molecule has 9 rings (SSSR count). The molecule has 0 unspecified atom stereocenters. The van der Waals surface area contributed by atoms with Crippen molar-refractivity contribution in [1.29, 1.82) is 0 Å². The van der Waals surface area contributed by atoms with Crippen LogP contribution in [0.4, 0.5) is 0 Å². The SMILES string of the molecule is C1=CNCC(n2c3ccccc3c3c4sc5ccc(-n6c7ccccc7c7ccccc76)cc5c4ccc32)=C1. The van der Waals surface area contributed by atoms with E-state index >= 15 is 0 Å². The minimum Gasteiger partial charge on any atom is -0.385 e. The van der Waals surface area contributed by atoms with Crippen molar-refractivity contribution in [2.45, 2.75) is 0 Å². The highest BCUT2D eigenvalue weighted by Gasteiger charge is 2.19. The lowest BCUT2D eigenvalue weighted by Gasteiger charge is -2.15. The van der Waals surface area contributed by atoms with Gasteiger partial charge in [-0.3, -0.25) is 0 Å². The lowest BCUT2D eigenvalue weighted by atomic mass is 10.1. The molecule has 0 saturated heterocycles. The quantitative estimate of drug-likeness (QED) is 0.242. The molecule has 0 atom stereocenters. The zero-order valence-electron chi connectivity index (χ0n) is 21.1. The van der Waals surface area contributed by atoms with Gasteiger partial charge in [-0.05, 0) is 60.8 Å². The molecule has 0 spiro atoms. The third-order valence-electron chi connectivity index (χ3n) is 8.17. The van der Waals surface area contributed by atoms with Crippen molar-refractivity contribution in [1.82, 2.24) is 14.5 Å². The molecule has 5 aromatic carbocycles. The van der Waals surface area contributed by atoms with E-state index in [0.717, 1.165) is 6.54 Å². The maximum Gasteiger partial charge on any atom is 0.0553 e. The van der Waals surface area contributed by atoms with Crippen molar-refractivity contribution in [2.24, 2.45) is 0 Å². The normalized spacial score (nSPS) is 13.8. The minimum atomic E-state index is 0.816. The topological polar surface area (TPSA) is 21.9 Å². The summed E-state index contributed by atoms with van der Waals surface area (Å²) in [6.07, 6.45) is 6.32. The van der Waals surface area contributed by atoms with E-state index in [1.807, 2.05) is 17.5 Å². The van der Waals surface area contributed by atoms with Gasteiger partial charge in [-0.2, -0.15) is 0 Å². The van der Waals surface area contributed by atoms with Gasteiger partial charge in [-0.25, -0.2) is 0 Å². The second-order valence-corrected chi connectivity index (χ2v) is 11.3. The number of rotatable bonds is 2. The van der Waals surface area contributed by atoms with Gasteiger partial charge in [0, 0.05) is 53.1 Å². The molecule has 39 heavy (non-hydrogen) atoms. The first-order chi connectivity index (χ1) is 19.4. The maximum atomic E-state index is 3.39. The highest BCUT2D eigenvalue weighted by Crippen LogP contribution is 2.44. The van der Waals surface area contributed by atoms with Gasteiger partial charge in [-0.1, -0.05) is 60.7 Å². The van der Waals surface area contributed by atoms with Gasteiger partial charge in [-0.15, -0.1) is 11.3 Å². The summed E-state index contributed by atoms with van der Waals surface area (Å²) in [6.45, 7) is 0.816. The van der Waals surface area contributed by atoms with Crippen LogP contribution in [0.2, 0.25) is 0 Å². The molecule has 4 heterocycles. The van der Waals surface area contributed by atoms with E-state index < -0.39 is 0 Å². The smallest absolute Gasteiger partial charge is 0.0553 e. The Hall–Kier alpha value is -4.80. The molecule has 1 aliphatic rings. The van der Waals surface area contributed by atoms with Crippen molar-refractivity contribution >= 4 is 80.8 Å². The molecule has 0 saturated carbocycles. The fraction of sp³-hybridized carbons (Fsp3) is 0.0286. The summed E-state index contributed by atoms with van der Waals surface area (Å²) in [5, 5.41) is 11.3. The predicted octanol–water partition coefficient (Wildman–Crippen LogP) is 9.22. The summed E-state index contributed by atoms with van der Waals surface area (Å²) in [5.74, 6) is 0. The molecule has 4 heteroatoms. The summed E-state index contributed by atoms with van der Waals surface area (Å²) in [4.78, 5) is 0. The molecular weight excluding hydrogens is 494 g/mol. The van der Waals surface area contributed by atoms with Crippen LogP contribution < -0.4 is 5.32 Å². The first-order valence-corrected chi connectivity index (χ1v) is 14.1. The second kappa shape index (κ2) is 7.85. The van der Waals surface area contributed by atoms with Crippen molar-refractivity contribution in [2.75, 3.05) is 6.54 Å². The van der Waals surface area contributed by atoms with E-state index in [4.69, 9.17) is 0 Å².